The summed E-state index contributed by atoms with van der Waals surface area (Å²) >= 11 is 0. The van der Waals surface area contributed by atoms with E-state index >= 15 is 0 Å². The average Bonchev–Trinajstić information content (AvgIpc) is 2.07. The Morgan fingerprint density at radius 2 is 1.47 bits per heavy atom. The van der Waals surface area contributed by atoms with Crippen molar-refractivity contribution in [3.8, 4) is 0 Å². The summed E-state index contributed by atoms with van der Waals surface area (Å²) in [5.74, 6) is -4.79. The molecule has 1 aromatic rings. The Hall–Kier alpha value is -1.13. The molecule has 0 saturated carbocycles. The summed E-state index contributed by atoms with van der Waals surface area (Å²) in [5, 5.41) is 0. The van der Waals surface area contributed by atoms with Crippen LogP contribution in [-0.2, 0) is 5.92 Å². The topological polar surface area (TPSA) is 0 Å². The summed E-state index contributed by atoms with van der Waals surface area (Å²) in [4.78, 5) is 0. The van der Waals surface area contributed by atoms with Gasteiger partial charge in [0.15, 0.2) is 0 Å². The van der Waals surface area contributed by atoms with E-state index in [9.17, 15) is 22.0 Å². The fourth-order valence-electron chi connectivity index (χ4n) is 1.24. The fourth-order valence-corrected chi connectivity index (χ4v) is 1.24. The number of hydrogen-bond acceptors (Lipinski definition) is 0. The first-order valence-electron chi connectivity index (χ1n) is 4.19. The van der Waals surface area contributed by atoms with Gasteiger partial charge >= 0.3 is 12.1 Å². The molecule has 84 valence electrons. The minimum Gasteiger partial charge on any atom is -0.191 e. The molecule has 0 aliphatic heterocycles. The van der Waals surface area contributed by atoms with Gasteiger partial charge in [-0.2, -0.15) is 22.0 Å². The molecule has 0 unspecified atom stereocenters. The van der Waals surface area contributed by atoms with Gasteiger partial charge in [0.1, 0.15) is 0 Å². The Morgan fingerprint density at radius 3 is 1.93 bits per heavy atom. The van der Waals surface area contributed by atoms with Crippen LogP contribution in [0.25, 0.3) is 0 Å². The maximum atomic E-state index is 13.0. The number of rotatable bonds is 1. The number of benzene rings is 1. The molecule has 0 spiro atoms. The van der Waals surface area contributed by atoms with Crippen LogP contribution >= 0.6 is 0 Å². The SMILES string of the molecule is Cc1cccc(C(F)(F)C(F)(F)F)c1C. The first kappa shape index (κ1) is 11.9. The Bertz CT molecular complexity index is 365. The van der Waals surface area contributed by atoms with Gasteiger partial charge in [-0.15, -0.1) is 0 Å². The van der Waals surface area contributed by atoms with Crippen molar-refractivity contribution in [3.63, 3.8) is 0 Å². The van der Waals surface area contributed by atoms with E-state index in [1.165, 1.54) is 26.0 Å². The van der Waals surface area contributed by atoms with Crippen LogP contribution in [0, 0.1) is 13.8 Å². The number of halogens is 5. The van der Waals surface area contributed by atoms with Crippen LogP contribution in [0.3, 0.4) is 0 Å². The summed E-state index contributed by atoms with van der Waals surface area (Å²) in [6, 6.07) is 3.48. The van der Waals surface area contributed by atoms with E-state index in [1.807, 2.05) is 0 Å². The van der Waals surface area contributed by atoms with Gasteiger partial charge in [-0.3, -0.25) is 0 Å². The van der Waals surface area contributed by atoms with Gasteiger partial charge in [-0.25, -0.2) is 0 Å². The van der Waals surface area contributed by atoms with Crippen LogP contribution in [0.2, 0.25) is 0 Å². The molecule has 0 N–H and O–H groups in total. The van der Waals surface area contributed by atoms with Crippen molar-refractivity contribution in [1.29, 1.82) is 0 Å². The van der Waals surface area contributed by atoms with Crippen molar-refractivity contribution < 1.29 is 22.0 Å². The predicted molar refractivity (Wildman–Crippen MR) is 45.9 cm³/mol. The lowest BCUT2D eigenvalue weighted by molar-refractivity contribution is -0.289. The zero-order valence-electron chi connectivity index (χ0n) is 8.12. The lowest BCUT2D eigenvalue weighted by atomic mass is 9.98. The third-order valence-electron chi connectivity index (χ3n) is 2.30. The lowest BCUT2D eigenvalue weighted by Crippen LogP contribution is -2.34. The Kier molecular flexibility index (Phi) is 2.76. The van der Waals surface area contributed by atoms with Gasteiger partial charge in [0, 0.05) is 5.56 Å². The van der Waals surface area contributed by atoms with Gasteiger partial charge in [-0.1, -0.05) is 18.2 Å². The Balaban J connectivity index is 3.34. The molecular formula is C10H9F5. The van der Waals surface area contributed by atoms with E-state index in [-0.39, 0.29) is 5.56 Å². The van der Waals surface area contributed by atoms with Crippen molar-refractivity contribution in [2.24, 2.45) is 0 Å². The third-order valence-corrected chi connectivity index (χ3v) is 2.30. The first-order valence-corrected chi connectivity index (χ1v) is 4.19. The highest BCUT2D eigenvalue weighted by atomic mass is 19.4. The highest BCUT2D eigenvalue weighted by Gasteiger charge is 2.59. The third kappa shape index (κ3) is 1.96. The maximum absolute atomic E-state index is 13.0. The van der Waals surface area contributed by atoms with Gasteiger partial charge in [0.05, 0.1) is 0 Å². The van der Waals surface area contributed by atoms with Crippen molar-refractivity contribution in [2.75, 3.05) is 0 Å². The largest absolute Gasteiger partial charge is 0.458 e. The zero-order valence-corrected chi connectivity index (χ0v) is 8.12. The molecule has 1 aromatic carbocycles. The molecule has 0 radical (unpaired) electrons. The minimum atomic E-state index is -5.55. The lowest BCUT2D eigenvalue weighted by Gasteiger charge is -2.22. The Labute approximate surface area is 83.7 Å². The van der Waals surface area contributed by atoms with Gasteiger partial charge < -0.3 is 0 Å². The molecular weight excluding hydrogens is 215 g/mol. The monoisotopic (exact) mass is 224 g/mol. The normalized spacial score (nSPS) is 13.0. The summed E-state index contributed by atoms with van der Waals surface area (Å²) < 4.78 is 62.2. The molecule has 0 fully saturated rings. The first-order chi connectivity index (χ1) is 6.68. The molecule has 0 aliphatic rings. The summed E-state index contributed by atoms with van der Waals surface area (Å²) in [5.41, 5.74) is -0.591. The van der Waals surface area contributed by atoms with E-state index in [0.29, 0.717) is 5.56 Å². The van der Waals surface area contributed by atoms with E-state index in [1.54, 1.807) is 0 Å². The van der Waals surface area contributed by atoms with Crippen molar-refractivity contribution in [2.45, 2.75) is 25.9 Å². The standard InChI is InChI=1S/C10H9F5/c1-6-4-3-5-8(7(6)2)9(11,12)10(13,14)15/h3-5H,1-2H3. The maximum Gasteiger partial charge on any atom is 0.458 e. The number of hydrogen-bond donors (Lipinski definition) is 0. The summed E-state index contributed by atoms with van der Waals surface area (Å²) in [7, 11) is 0. The molecule has 0 aliphatic carbocycles. The van der Waals surface area contributed by atoms with Crippen LogP contribution in [-0.4, -0.2) is 6.18 Å². The highest BCUT2D eigenvalue weighted by Crippen LogP contribution is 2.45. The predicted octanol–water partition coefficient (Wildman–Crippen LogP) is 3.96. The second kappa shape index (κ2) is 3.47. The van der Waals surface area contributed by atoms with Crippen molar-refractivity contribution in [3.05, 3.63) is 34.9 Å². The summed E-state index contributed by atoms with van der Waals surface area (Å²) in [6.07, 6.45) is -5.55. The fraction of sp³-hybridized carbons (Fsp3) is 0.400. The van der Waals surface area contributed by atoms with E-state index in [0.717, 1.165) is 6.07 Å². The molecule has 0 nitrogen and oxygen atoms in total. The summed E-state index contributed by atoms with van der Waals surface area (Å²) in [6.45, 7) is 2.75. The van der Waals surface area contributed by atoms with Crippen LogP contribution < -0.4 is 0 Å². The van der Waals surface area contributed by atoms with Crippen molar-refractivity contribution >= 4 is 0 Å². The van der Waals surface area contributed by atoms with E-state index in [4.69, 9.17) is 0 Å². The molecule has 5 heteroatoms. The van der Waals surface area contributed by atoms with Gasteiger partial charge in [0.25, 0.3) is 0 Å². The van der Waals surface area contributed by atoms with E-state index in [2.05, 4.69) is 0 Å². The second-order valence-electron chi connectivity index (χ2n) is 3.32. The molecule has 15 heavy (non-hydrogen) atoms. The molecule has 0 atom stereocenters. The number of alkyl halides is 5. The molecule has 0 amide bonds. The molecule has 0 heterocycles. The van der Waals surface area contributed by atoms with Gasteiger partial charge in [-0.05, 0) is 25.0 Å². The van der Waals surface area contributed by atoms with Crippen LogP contribution in [0.15, 0.2) is 18.2 Å². The smallest absolute Gasteiger partial charge is 0.191 e. The Morgan fingerprint density at radius 1 is 0.933 bits per heavy atom. The molecule has 0 aromatic heterocycles. The quantitative estimate of drug-likeness (QED) is 0.633. The molecule has 1 rings (SSSR count). The minimum absolute atomic E-state index is 0.0279. The van der Waals surface area contributed by atoms with E-state index < -0.39 is 17.7 Å². The molecule has 0 saturated heterocycles. The van der Waals surface area contributed by atoms with Crippen LogP contribution in [0.4, 0.5) is 22.0 Å². The number of aryl methyl sites for hydroxylation is 1. The average molecular weight is 224 g/mol. The zero-order chi connectivity index (χ0) is 11.9. The highest BCUT2D eigenvalue weighted by molar-refractivity contribution is 5.36. The second-order valence-corrected chi connectivity index (χ2v) is 3.32. The van der Waals surface area contributed by atoms with Crippen LogP contribution in [0.5, 0.6) is 0 Å². The van der Waals surface area contributed by atoms with Crippen LogP contribution in [0.1, 0.15) is 16.7 Å². The van der Waals surface area contributed by atoms with Crippen molar-refractivity contribution in [1.82, 2.24) is 0 Å². The van der Waals surface area contributed by atoms with Gasteiger partial charge in [0.2, 0.25) is 0 Å². The molecule has 0 bridgehead atoms.